The molecular formula is C11H20O2S. The lowest BCUT2D eigenvalue weighted by Crippen LogP contribution is -2.20. The first kappa shape index (κ1) is 13.7. The van der Waals surface area contributed by atoms with Gasteiger partial charge < -0.3 is 4.79 Å². The van der Waals surface area contributed by atoms with Crippen molar-refractivity contribution in [2.45, 2.75) is 47.0 Å². The van der Waals surface area contributed by atoms with E-state index in [1.54, 1.807) is 6.92 Å². The van der Waals surface area contributed by atoms with Crippen LogP contribution in [0.3, 0.4) is 0 Å². The van der Waals surface area contributed by atoms with Crippen LogP contribution in [-0.2, 0) is 9.59 Å². The van der Waals surface area contributed by atoms with Gasteiger partial charge in [0, 0.05) is 17.6 Å². The Hall–Kier alpha value is -0.310. The van der Waals surface area contributed by atoms with Gasteiger partial charge in [0.2, 0.25) is 0 Å². The van der Waals surface area contributed by atoms with E-state index in [1.807, 2.05) is 20.8 Å². The Balaban J connectivity index is 3.70. The average molecular weight is 216 g/mol. The third-order valence-corrected chi connectivity index (χ3v) is 3.65. The molecule has 0 aromatic heterocycles. The van der Waals surface area contributed by atoms with E-state index < -0.39 is 0 Å². The zero-order valence-corrected chi connectivity index (χ0v) is 10.4. The lowest BCUT2D eigenvalue weighted by Gasteiger charge is -2.19. The summed E-state index contributed by atoms with van der Waals surface area (Å²) in [6.07, 6.45) is 2.27. The molecule has 0 N–H and O–H groups in total. The molecule has 0 rings (SSSR count). The molecule has 2 nitrogen and oxygen atoms in total. The molecule has 0 atom stereocenters. The smallest absolute Gasteiger partial charge is 0.194 e. The van der Waals surface area contributed by atoms with Crippen LogP contribution in [0, 0.1) is 5.41 Å². The van der Waals surface area contributed by atoms with E-state index in [0.717, 1.165) is 18.6 Å². The maximum Gasteiger partial charge on any atom is 0.194 e. The van der Waals surface area contributed by atoms with Crippen molar-refractivity contribution < 1.29 is 9.59 Å². The van der Waals surface area contributed by atoms with Crippen LogP contribution in [0.25, 0.3) is 0 Å². The summed E-state index contributed by atoms with van der Waals surface area (Å²) in [6, 6.07) is 0. The van der Waals surface area contributed by atoms with E-state index in [2.05, 4.69) is 0 Å². The number of carbonyl (C=O) groups excluding carboxylic acids is 2. The fourth-order valence-corrected chi connectivity index (χ4v) is 1.83. The largest absolute Gasteiger partial charge is 0.300 e. The summed E-state index contributed by atoms with van der Waals surface area (Å²) in [7, 11) is 0. The van der Waals surface area contributed by atoms with E-state index >= 15 is 0 Å². The van der Waals surface area contributed by atoms with Gasteiger partial charge in [0.25, 0.3) is 0 Å². The van der Waals surface area contributed by atoms with E-state index in [-0.39, 0.29) is 16.3 Å². The summed E-state index contributed by atoms with van der Waals surface area (Å²) < 4.78 is 0. The van der Waals surface area contributed by atoms with Crippen molar-refractivity contribution in [1.29, 1.82) is 0 Å². The standard InChI is InChI=1S/C11H20O2S/c1-5-11(3,4)10(13)14-8-6-7-9(2)12/h5-8H2,1-4H3. The second-order valence-electron chi connectivity index (χ2n) is 4.18. The molecular weight excluding hydrogens is 196 g/mol. The Labute approximate surface area is 90.8 Å². The van der Waals surface area contributed by atoms with Crippen LogP contribution in [0.4, 0.5) is 0 Å². The van der Waals surface area contributed by atoms with Crippen molar-refractivity contribution in [3.8, 4) is 0 Å². The Morgan fingerprint density at radius 3 is 2.29 bits per heavy atom. The van der Waals surface area contributed by atoms with E-state index in [9.17, 15) is 9.59 Å². The van der Waals surface area contributed by atoms with Gasteiger partial charge in [-0.25, -0.2) is 0 Å². The van der Waals surface area contributed by atoms with Crippen LogP contribution >= 0.6 is 11.8 Å². The number of carbonyl (C=O) groups is 2. The zero-order chi connectivity index (χ0) is 11.2. The number of rotatable bonds is 6. The number of hydrogen-bond donors (Lipinski definition) is 0. The maximum atomic E-state index is 11.6. The zero-order valence-electron chi connectivity index (χ0n) is 9.55. The van der Waals surface area contributed by atoms with E-state index in [1.165, 1.54) is 11.8 Å². The number of ketones is 1. The van der Waals surface area contributed by atoms with Gasteiger partial charge in [-0.3, -0.25) is 4.79 Å². The highest BCUT2D eigenvalue weighted by Gasteiger charge is 2.24. The second-order valence-corrected chi connectivity index (χ2v) is 5.25. The minimum absolute atomic E-state index is 0.202. The van der Waals surface area contributed by atoms with Crippen molar-refractivity contribution in [3.05, 3.63) is 0 Å². The van der Waals surface area contributed by atoms with Crippen LogP contribution in [-0.4, -0.2) is 16.7 Å². The molecule has 0 bridgehead atoms. The molecule has 82 valence electrons. The van der Waals surface area contributed by atoms with Gasteiger partial charge in [0.1, 0.15) is 5.78 Å². The number of thioether (sulfide) groups is 1. The summed E-state index contributed by atoms with van der Waals surface area (Å²) in [5.41, 5.74) is -0.221. The Morgan fingerprint density at radius 1 is 1.29 bits per heavy atom. The number of hydrogen-bond acceptors (Lipinski definition) is 3. The lowest BCUT2D eigenvalue weighted by molar-refractivity contribution is -0.118. The summed E-state index contributed by atoms with van der Waals surface area (Å²) in [6.45, 7) is 7.54. The van der Waals surface area contributed by atoms with Crippen molar-refractivity contribution in [2.24, 2.45) is 5.41 Å². The molecule has 0 spiro atoms. The first-order valence-corrected chi connectivity index (χ1v) is 6.05. The molecule has 0 aliphatic heterocycles. The number of Topliss-reactive ketones (excluding diaryl/α,β-unsaturated/α-hetero) is 1. The summed E-state index contributed by atoms with van der Waals surface area (Å²) >= 11 is 1.36. The highest BCUT2D eigenvalue weighted by atomic mass is 32.2. The molecule has 0 radical (unpaired) electrons. The van der Waals surface area contributed by atoms with Crippen LogP contribution in [0.2, 0.25) is 0 Å². The Morgan fingerprint density at radius 2 is 1.86 bits per heavy atom. The summed E-state index contributed by atoms with van der Waals surface area (Å²) in [5, 5.41) is 0.239. The highest BCUT2D eigenvalue weighted by Crippen LogP contribution is 2.27. The average Bonchev–Trinajstić information content (AvgIpc) is 2.11. The summed E-state index contributed by atoms with van der Waals surface area (Å²) in [4.78, 5) is 22.3. The topological polar surface area (TPSA) is 34.1 Å². The van der Waals surface area contributed by atoms with Crippen molar-refractivity contribution >= 4 is 22.7 Å². The molecule has 0 heterocycles. The van der Waals surface area contributed by atoms with Crippen LogP contribution < -0.4 is 0 Å². The molecule has 0 saturated heterocycles. The molecule has 0 aliphatic carbocycles. The molecule has 0 aliphatic rings. The fraction of sp³-hybridized carbons (Fsp3) is 0.818. The van der Waals surface area contributed by atoms with Gasteiger partial charge >= 0.3 is 0 Å². The van der Waals surface area contributed by atoms with Gasteiger partial charge in [0.05, 0.1) is 0 Å². The predicted molar refractivity (Wildman–Crippen MR) is 61.5 cm³/mol. The van der Waals surface area contributed by atoms with Crippen molar-refractivity contribution in [1.82, 2.24) is 0 Å². The van der Waals surface area contributed by atoms with Crippen molar-refractivity contribution in [3.63, 3.8) is 0 Å². The van der Waals surface area contributed by atoms with Crippen molar-refractivity contribution in [2.75, 3.05) is 5.75 Å². The van der Waals surface area contributed by atoms with Gasteiger partial charge in [-0.2, -0.15) is 0 Å². The Kier molecular flexibility index (Phi) is 6.09. The maximum absolute atomic E-state index is 11.6. The molecule has 0 saturated carbocycles. The minimum atomic E-state index is -0.221. The van der Waals surface area contributed by atoms with Crippen LogP contribution in [0.5, 0.6) is 0 Å². The molecule has 3 heteroatoms. The molecule has 14 heavy (non-hydrogen) atoms. The fourth-order valence-electron chi connectivity index (χ4n) is 0.826. The van der Waals surface area contributed by atoms with Gasteiger partial charge in [0.15, 0.2) is 5.12 Å². The second kappa shape index (κ2) is 6.23. The highest BCUT2D eigenvalue weighted by molar-refractivity contribution is 8.13. The van der Waals surface area contributed by atoms with E-state index in [4.69, 9.17) is 0 Å². The van der Waals surface area contributed by atoms with Crippen LogP contribution in [0.1, 0.15) is 47.0 Å². The third-order valence-electron chi connectivity index (χ3n) is 2.34. The van der Waals surface area contributed by atoms with Gasteiger partial charge in [-0.15, -0.1) is 0 Å². The molecule has 0 fully saturated rings. The van der Waals surface area contributed by atoms with Crippen LogP contribution in [0.15, 0.2) is 0 Å². The molecule has 0 unspecified atom stereocenters. The lowest BCUT2D eigenvalue weighted by atomic mass is 9.92. The van der Waals surface area contributed by atoms with Gasteiger partial charge in [-0.05, 0) is 19.8 Å². The third kappa shape index (κ3) is 5.43. The SMILES string of the molecule is CCC(C)(C)C(=O)SCCCC(C)=O. The summed E-state index contributed by atoms with van der Waals surface area (Å²) in [5.74, 6) is 0.967. The Bertz CT molecular complexity index is 209. The normalized spacial score (nSPS) is 11.4. The first-order chi connectivity index (χ1) is 6.40. The van der Waals surface area contributed by atoms with Gasteiger partial charge in [-0.1, -0.05) is 32.5 Å². The quantitative estimate of drug-likeness (QED) is 0.640. The molecule has 0 aromatic carbocycles. The predicted octanol–water partition coefficient (Wildman–Crippen LogP) is 3.05. The minimum Gasteiger partial charge on any atom is -0.300 e. The monoisotopic (exact) mass is 216 g/mol. The first-order valence-electron chi connectivity index (χ1n) is 5.07. The molecule has 0 amide bonds. The van der Waals surface area contributed by atoms with E-state index in [0.29, 0.717) is 6.42 Å². The molecule has 0 aromatic rings.